The first-order valence-corrected chi connectivity index (χ1v) is 22.7. The van der Waals surface area contributed by atoms with Crippen molar-refractivity contribution in [3.63, 3.8) is 0 Å². The highest BCUT2D eigenvalue weighted by atomic mass is 16.8. The number of carbonyl (C=O) groups excluding carboxylic acids is 1. The summed E-state index contributed by atoms with van der Waals surface area (Å²) in [5, 5.41) is 21.4. The molecule has 0 amide bonds. The van der Waals surface area contributed by atoms with Crippen LogP contribution in [0.2, 0.25) is 0 Å². The molecule has 0 saturated carbocycles. The summed E-state index contributed by atoms with van der Waals surface area (Å²) in [6, 6.07) is 0. The summed E-state index contributed by atoms with van der Waals surface area (Å²) in [6.07, 6.45) is 38.3. The number of carbonyl (C=O) groups is 1. The van der Waals surface area contributed by atoms with Crippen LogP contribution in [0.3, 0.4) is 0 Å². The lowest BCUT2D eigenvalue weighted by Crippen LogP contribution is -2.48. The maximum atomic E-state index is 12.4. The molecule has 0 aliphatic carbocycles. The first-order valence-electron chi connectivity index (χ1n) is 22.7. The standard InChI is InChI=1S/C45H90O6/c1-7-11-14-16-18-19-20-21-22-23-24-25-26-27-29-30-33-37-43(39-42(35-10-4)36-32-13-9-3)50-41(6)51-45(47,48)40(5)49-44(46)38-34-31-28-17-15-12-8-2/h40-43,47-48H,7-39H2,1-6H3. The lowest BCUT2D eigenvalue weighted by atomic mass is 9.89. The summed E-state index contributed by atoms with van der Waals surface area (Å²) in [7, 11) is 0. The molecule has 0 aromatic carbocycles. The molecule has 2 N–H and O–H groups in total. The molecule has 0 aliphatic heterocycles. The average Bonchev–Trinajstić information content (AvgIpc) is 3.09. The van der Waals surface area contributed by atoms with Crippen molar-refractivity contribution in [3.05, 3.63) is 0 Å². The van der Waals surface area contributed by atoms with Gasteiger partial charge in [0, 0.05) is 6.42 Å². The Morgan fingerprint density at radius 3 is 1.35 bits per heavy atom. The van der Waals surface area contributed by atoms with Gasteiger partial charge >= 0.3 is 11.9 Å². The number of rotatable bonds is 40. The molecular formula is C45H90O6. The second-order valence-corrected chi connectivity index (χ2v) is 15.9. The number of esters is 1. The normalized spacial score (nSPS) is 14.4. The number of ether oxygens (including phenoxy) is 3. The van der Waals surface area contributed by atoms with Crippen molar-refractivity contribution in [1.29, 1.82) is 0 Å². The predicted molar refractivity (Wildman–Crippen MR) is 217 cm³/mol. The molecule has 0 fully saturated rings. The molecule has 51 heavy (non-hydrogen) atoms. The van der Waals surface area contributed by atoms with E-state index < -0.39 is 24.3 Å². The van der Waals surface area contributed by atoms with Gasteiger partial charge in [-0.2, -0.15) is 0 Å². The van der Waals surface area contributed by atoms with Gasteiger partial charge in [0.1, 0.15) is 0 Å². The van der Waals surface area contributed by atoms with Crippen molar-refractivity contribution < 1.29 is 29.2 Å². The average molecular weight is 727 g/mol. The van der Waals surface area contributed by atoms with E-state index in [1.54, 1.807) is 6.92 Å². The minimum absolute atomic E-state index is 0.000463. The van der Waals surface area contributed by atoms with E-state index in [4.69, 9.17) is 14.2 Å². The minimum atomic E-state index is -2.61. The number of unbranched alkanes of at least 4 members (excludes halogenated alkanes) is 24. The minimum Gasteiger partial charge on any atom is -0.454 e. The van der Waals surface area contributed by atoms with Crippen molar-refractivity contribution in [2.24, 2.45) is 5.92 Å². The Balaban J connectivity index is 4.58. The van der Waals surface area contributed by atoms with E-state index in [1.807, 2.05) is 0 Å². The maximum absolute atomic E-state index is 12.4. The molecule has 0 aromatic heterocycles. The fourth-order valence-corrected chi connectivity index (χ4v) is 7.38. The SMILES string of the molecule is CCCCCCCCCCCCCCCCCCCC(CC(CCC)CCCCC)OC(C)OC(O)(O)C(C)OC(=O)CCCCCCCCC. The molecule has 0 aromatic rings. The van der Waals surface area contributed by atoms with Crippen molar-refractivity contribution >= 4 is 5.97 Å². The molecule has 0 bridgehead atoms. The molecule has 6 nitrogen and oxygen atoms in total. The monoisotopic (exact) mass is 727 g/mol. The van der Waals surface area contributed by atoms with Crippen LogP contribution in [0.4, 0.5) is 0 Å². The summed E-state index contributed by atoms with van der Waals surface area (Å²) >= 11 is 0. The molecule has 0 heterocycles. The van der Waals surface area contributed by atoms with Gasteiger partial charge in [-0.1, -0.05) is 214 Å². The Morgan fingerprint density at radius 2 is 0.902 bits per heavy atom. The Kier molecular flexibility index (Phi) is 35.8. The van der Waals surface area contributed by atoms with E-state index in [9.17, 15) is 15.0 Å². The molecule has 0 saturated heterocycles. The van der Waals surface area contributed by atoms with Gasteiger partial charge in [-0.3, -0.25) is 9.53 Å². The highest BCUT2D eigenvalue weighted by Gasteiger charge is 2.38. The van der Waals surface area contributed by atoms with Gasteiger partial charge in [-0.05, 0) is 39.0 Å². The van der Waals surface area contributed by atoms with E-state index in [2.05, 4.69) is 27.7 Å². The summed E-state index contributed by atoms with van der Waals surface area (Å²) in [4.78, 5) is 12.4. The van der Waals surface area contributed by atoms with Crippen LogP contribution in [0.15, 0.2) is 0 Å². The third kappa shape index (κ3) is 32.5. The zero-order valence-corrected chi connectivity index (χ0v) is 35.2. The molecule has 0 spiro atoms. The van der Waals surface area contributed by atoms with Crippen molar-refractivity contribution in [2.45, 2.75) is 278 Å². The molecule has 306 valence electrons. The summed E-state index contributed by atoms with van der Waals surface area (Å²) in [5.41, 5.74) is 0. The quantitative estimate of drug-likeness (QED) is 0.0371. The Labute approximate surface area is 318 Å². The van der Waals surface area contributed by atoms with Crippen LogP contribution in [-0.4, -0.2) is 40.7 Å². The number of aliphatic hydroxyl groups is 2. The maximum Gasteiger partial charge on any atom is 0.319 e. The highest BCUT2D eigenvalue weighted by molar-refractivity contribution is 5.69. The van der Waals surface area contributed by atoms with Crippen molar-refractivity contribution in [3.8, 4) is 0 Å². The Morgan fingerprint density at radius 1 is 0.510 bits per heavy atom. The van der Waals surface area contributed by atoms with Crippen LogP contribution >= 0.6 is 0 Å². The third-order valence-corrected chi connectivity index (χ3v) is 10.7. The van der Waals surface area contributed by atoms with E-state index >= 15 is 0 Å². The molecule has 0 radical (unpaired) electrons. The van der Waals surface area contributed by atoms with Crippen LogP contribution in [0, 0.1) is 5.92 Å². The van der Waals surface area contributed by atoms with Crippen LogP contribution in [0.25, 0.3) is 0 Å². The van der Waals surface area contributed by atoms with Gasteiger partial charge in [0.15, 0.2) is 12.4 Å². The Bertz CT molecular complexity index is 727. The molecule has 0 aliphatic rings. The topological polar surface area (TPSA) is 85.2 Å². The van der Waals surface area contributed by atoms with Crippen molar-refractivity contribution in [1.82, 2.24) is 0 Å². The van der Waals surface area contributed by atoms with E-state index in [-0.39, 0.29) is 12.5 Å². The zero-order valence-electron chi connectivity index (χ0n) is 35.2. The largest absolute Gasteiger partial charge is 0.454 e. The van der Waals surface area contributed by atoms with Crippen LogP contribution in [0.1, 0.15) is 253 Å². The molecule has 4 atom stereocenters. The smallest absolute Gasteiger partial charge is 0.319 e. The van der Waals surface area contributed by atoms with Crippen molar-refractivity contribution in [2.75, 3.05) is 0 Å². The van der Waals surface area contributed by atoms with Gasteiger partial charge in [0.25, 0.3) is 0 Å². The highest BCUT2D eigenvalue weighted by Crippen LogP contribution is 2.27. The van der Waals surface area contributed by atoms with Crippen LogP contribution in [-0.2, 0) is 19.0 Å². The molecular weight excluding hydrogens is 636 g/mol. The number of hydrogen-bond acceptors (Lipinski definition) is 6. The first kappa shape index (κ1) is 50.3. The molecule has 4 unspecified atom stereocenters. The summed E-state index contributed by atoms with van der Waals surface area (Å²) < 4.78 is 17.4. The van der Waals surface area contributed by atoms with E-state index in [0.29, 0.717) is 5.92 Å². The fourth-order valence-electron chi connectivity index (χ4n) is 7.38. The molecule has 6 heteroatoms. The second kappa shape index (κ2) is 36.3. The first-order chi connectivity index (χ1) is 24.7. The van der Waals surface area contributed by atoms with Gasteiger partial charge in [-0.15, -0.1) is 0 Å². The van der Waals surface area contributed by atoms with Gasteiger partial charge in [-0.25, -0.2) is 0 Å². The lowest BCUT2D eigenvalue weighted by molar-refractivity contribution is -0.415. The van der Waals surface area contributed by atoms with Gasteiger partial charge < -0.3 is 19.7 Å². The van der Waals surface area contributed by atoms with Crippen LogP contribution in [0.5, 0.6) is 0 Å². The lowest BCUT2D eigenvalue weighted by Gasteiger charge is -2.33. The van der Waals surface area contributed by atoms with Gasteiger partial charge in [0.2, 0.25) is 0 Å². The van der Waals surface area contributed by atoms with E-state index in [0.717, 1.165) is 44.9 Å². The Hall–Kier alpha value is -0.690. The zero-order chi connectivity index (χ0) is 37.8. The summed E-state index contributed by atoms with van der Waals surface area (Å²) in [5.74, 6) is -2.44. The second-order valence-electron chi connectivity index (χ2n) is 15.9. The third-order valence-electron chi connectivity index (χ3n) is 10.7. The number of hydrogen-bond donors (Lipinski definition) is 2. The molecule has 0 rings (SSSR count). The predicted octanol–water partition coefficient (Wildman–Crippen LogP) is 13.9. The van der Waals surface area contributed by atoms with E-state index in [1.165, 1.54) is 167 Å². The fraction of sp³-hybridized carbons (Fsp3) is 0.978. The van der Waals surface area contributed by atoms with Crippen LogP contribution < -0.4 is 0 Å². The van der Waals surface area contributed by atoms with Gasteiger partial charge in [0.05, 0.1) is 6.10 Å². The summed E-state index contributed by atoms with van der Waals surface area (Å²) in [6.45, 7) is 12.2.